The van der Waals surface area contributed by atoms with Gasteiger partial charge >= 0.3 is 0 Å². The van der Waals surface area contributed by atoms with Crippen LogP contribution in [0.5, 0.6) is 0 Å². The van der Waals surface area contributed by atoms with Crippen LogP contribution in [0.1, 0.15) is 5.56 Å². The van der Waals surface area contributed by atoms with Crippen molar-refractivity contribution in [1.29, 1.82) is 0 Å². The summed E-state index contributed by atoms with van der Waals surface area (Å²) in [6, 6.07) is 3.33. The molecule has 1 aromatic rings. The van der Waals surface area contributed by atoms with Crippen molar-refractivity contribution in [1.82, 2.24) is 4.98 Å². The van der Waals surface area contributed by atoms with Gasteiger partial charge in [0, 0.05) is 11.5 Å². The number of aromatic nitrogens is 1. The average Bonchev–Trinajstić information content (AvgIpc) is 2.11. The Bertz CT molecular complexity index is 376. The number of hydrogen-bond acceptors (Lipinski definition) is 2. The second-order valence-corrected chi connectivity index (χ2v) is 3.14. The molecule has 0 aromatic carbocycles. The molecule has 0 fully saturated rings. The third-order valence-electron chi connectivity index (χ3n) is 1.35. The molecule has 0 spiro atoms. The van der Waals surface area contributed by atoms with Crippen LogP contribution in [0.15, 0.2) is 23.3 Å². The zero-order valence-corrected chi connectivity index (χ0v) is 8.57. The maximum atomic E-state index is 8.02. The van der Waals surface area contributed by atoms with Crippen LogP contribution < -0.4 is 0 Å². The lowest BCUT2D eigenvalue weighted by Crippen LogP contribution is -1.79. The lowest BCUT2D eigenvalue weighted by atomic mass is 10.2. The van der Waals surface area contributed by atoms with Gasteiger partial charge in [-0.1, -0.05) is 40.5 Å². The number of pyridine rings is 1. The van der Waals surface area contributed by atoms with Crippen LogP contribution >= 0.6 is 23.2 Å². The fourth-order valence-corrected chi connectivity index (χ4v) is 1.33. The number of nitrogens with zero attached hydrogens (tertiary/aromatic N) is 4. The highest BCUT2D eigenvalue weighted by Gasteiger charge is 1.95. The molecular formula is C8H6Cl2N4. The van der Waals surface area contributed by atoms with Gasteiger partial charge in [-0.05, 0) is 23.2 Å². The van der Waals surface area contributed by atoms with Crippen LogP contribution in [0.3, 0.4) is 0 Å². The number of halogens is 2. The van der Waals surface area contributed by atoms with Crippen molar-refractivity contribution in [3.63, 3.8) is 0 Å². The molecule has 0 aliphatic carbocycles. The van der Waals surface area contributed by atoms with Crippen LogP contribution in [0.2, 0.25) is 10.3 Å². The highest BCUT2D eigenvalue weighted by Crippen LogP contribution is 2.15. The minimum absolute atomic E-state index is 0.300. The number of hydrogen-bond donors (Lipinski definition) is 0. The van der Waals surface area contributed by atoms with E-state index in [0.717, 1.165) is 5.56 Å². The van der Waals surface area contributed by atoms with Gasteiger partial charge in [0.05, 0.1) is 0 Å². The minimum atomic E-state index is 0.300. The van der Waals surface area contributed by atoms with Crippen molar-refractivity contribution >= 4 is 29.3 Å². The van der Waals surface area contributed by atoms with Crippen LogP contribution in [0, 0.1) is 0 Å². The molecule has 14 heavy (non-hydrogen) atoms. The van der Waals surface area contributed by atoms with E-state index < -0.39 is 0 Å². The normalized spacial score (nSPS) is 10.1. The lowest BCUT2D eigenvalue weighted by molar-refractivity contribution is 1.22. The van der Waals surface area contributed by atoms with Crippen LogP contribution in [0.25, 0.3) is 16.5 Å². The Kier molecular flexibility index (Phi) is 4.26. The number of azide groups is 1. The SMILES string of the molecule is [N-]=[N+]=NCC=Cc1cc(Cl)nc(Cl)c1. The summed E-state index contributed by atoms with van der Waals surface area (Å²) in [6.45, 7) is 0.300. The fourth-order valence-electron chi connectivity index (χ4n) is 0.852. The van der Waals surface area contributed by atoms with Gasteiger partial charge in [-0.25, -0.2) is 4.98 Å². The zero-order valence-electron chi connectivity index (χ0n) is 7.06. The van der Waals surface area contributed by atoms with Crippen molar-refractivity contribution < 1.29 is 0 Å². The van der Waals surface area contributed by atoms with Gasteiger partial charge in [-0.2, -0.15) is 0 Å². The predicted molar refractivity (Wildman–Crippen MR) is 57.3 cm³/mol. The Hall–Kier alpha value is -1.22. The summed E-state index contributed by atoms with van der Waals surface area (Å²) >= 11 is 11.4. The highest BCUT2D eigenvalue weighted by molar-refractivity contribution is 6.32. The lowest BCUT2D eigenvalue weighted by Gasteiger charge is -1.95. The molecule has 0 atom stereocenters. The minimum Gasteiger partial charge on any atom is -0.224 e. The largest absolute Gasteiger partial charge is 0.224 e. The Morgan fingerprint density at radius 3 is 2.64 bits per heavy atom. The van der Waals surface area contributed by atoms with Gasteiger partial charge in [0.1, 0.15) is 10.3 Å². The molecule has 0 amide bonds. The molecule has 0 aliphatic heterocycles. The summed E-state index contributed by atoms with van der Waals surface area (Å²) in [6.07, 6.45) is 3.47. The second kappa shape index (κ2) is 5.50. The first-order valence-corrected chi connectivity index (χ1v) is 4.48. The number of rotatable bonds is 3. The van der Waals surface area contributed by atoms with Crippen molar-refractivity contribution in [2.24, 2.45) is 5.11 Å². The molecule has 0 bridgehead atoms. The molecule has 1 rings (SSSR count). The summed E-state index contributed by atoms with van der Waals surface area (Å²) in [5, 5.41) is 4.01. The third-order valence-corrected chi connectivity index (χ3v) is 1.73. The monoisotopic (exact) mass is 228 g/mol. The van der Waals surface area contributed by atoms with E-state index in [0.29, 0.717) is 16.9 Å². The second-order valence-electron chi connectivity index (χ2n) is 2.36. The molecule has 1 aromatic heterocycles. The molecule has 0 aliphatic rings. The van der Waals surface area contributed by atoms with Gasteiger partial charge in [0.25, 0.3) is 0 Å². The molecule has 72 valence electrons. The quantitative estimate of drug-likeness (QED) is 0.337. The average molecular weight is 229 g/mol. The van der Waals surface area contributed by atoms with E-state index in [-0.39, 0.29) is 0 Å². The molecule has 0 radical (unpaired) electrons. The van der Waals surface area contributed by atoms with Crippen molar-refractivity contribution in [2.75, 3.05) is 6.54 Å². The summed E-state index contributed by atoms with van der Waals surface area (Å²) in [5.41, 5.74) is 8.85. The Morgan fingerprint density at radius 2 is 2.07 bits per heavy atom. The molecule has 0 N–H and O–H groups in total. The van der Waals surface area contributed by atoms with Crippen molar-refractivity contribution in [3.8, 4) is 0 Å². The van der Waals surface area contributed by atoms with Crippen LogP contribution in [0.4, 0.5) is 0 Å². The Balaban J connectivity index is 2.75. The fraction of sp³-hybridized carbons (Fsp3) is 0.125. The molecule has 1 heterocycles. The molecule has 0 saturated heterocycles. The maximum Gasteiger partial charge on any atom is 0.131 e. The Labute approximate surface area is 90.8 Å². The van der Waals surface area contributed by atoms with E-state index in [2.05, 4.69) is 15.0 Å². The molecule has 0 unspecified atom stereocenters. The van der Waals surface area contributed by atoms with Crippen LogP contribution in [-0.4, -0.2) is 11.5 Å². The molecular weight excluding hydrogens is 223 g/mol. The van der Waals surface area contributed by atoms with Crippen molar-refractivity contribution in [2.45, 2.75) is 0 Å². The van der Waals surface area contributed by atoms with Gasteiger partial charge in [-0.15, -0.1) is 0 Å². The summed E-state index contributed by atoms with van der Waals surface area (Å²) < 4.78 is 0. The molecule has 6 heteroatoms. The molecule has 0 saturated carbocycles. The van der Waals surface area contributed by atoms with E-state index in [1.165, 1.54) is 0 Å². The topological polar surface area (TPSA) is 61.7 Å². The first kappa shape index (κ1) is 10.9. The van der Waals surface area contributed by atoms with E-state index in [1.54, 1.807) is 24.3 Å². The van der Waals surface area contributed by atoms with Gasteiger partial charge in [0.2, 0.25) is 0 Å². The van der Waals surface area contributed by atoms with E-state index >= 15 is 0 Å². The maximum absolute atomic E-state index is 8.02. The van der Waals surface area contributed by atoms with Gasteiger partial charge < -0.3 is 0 Å². The summed E-state index contributed by atoms with van der Waals surface area (Å²) in [4.78, 5) is 6.40. The summed E-state index contributed by atoms with van der Waals surface area (Å²) in [7, 11) is 0. The van der Waals surface area contributed by atoms with Crippen molar-refractivity contribution in [3.05, 3.63) is 44.5 Å². The van der Waals surface area contributed by atoms with E-state index in [1.807, 2.05) is 0 Å². The standard InChI is InChI=1S/C8H6Cl2N4/c9-7-4-6(5-8(10)13-7)2-1-3-12-14-11/h1-2,4-5H,3H2. The summed E-state index contributed by atoms with van der Waals surface area (Å²) in [5.74, 6) is 0. The van der Waals surface area contributed by atoms with Gasteiger partial charge in [-0.3, -0.25) is 0 Å². The van der Waals surface area contributed by atoms with Crippen LogP contribution in [-0.2, 0) is 0 Å². The van der Waals surface area contributed by atoms with E-state index in [9.17, 15) is 0 Å². The first-order valence-electron chi connectivity index (χ1n) is 3.73. The predicted octanol–water partition coefficient (Wildman–Crippen LogP) is 3.71. The highest BCUT2D eigenvalue weighted by atomic mass is 35.5. The Morgan fingerprint density at radius 1 is 1.43 bits per heavy atom. The van der Waals surface area contributed by atoms with Gasteiger partial charge in [0.15, 0.2) is 0 Å². The molecule has 4 nitrogen and oxygen atoms in total. The zero-order chi connectivity index (χ0) is 10.4. The van der Waals surface area contributed by atoms with E-state index in [4.69, 9.17) is 28.7 Å². The first-order chi connectivity index (χ1) is 6.72. The smallest absolute Gasteiger partial charge is 0.131 e. The third kappa shape index (κ3) is 3.66.